The molecule has 2 heterocycles. The first-order valence-electron chi connectivity index (χ1n) is 10.4. The fourth-order valence-electron chi connectivity index (χ4n) is 3.78. The summed E-state index contributed by atoms with van der Waals surface area (Å²) in [6.07, 6.45) is 3.50. The summed E-state index contributed by atoms with van der Waals surface area (Å²) >= 11 is 0. The predicted molar refractivity (Wildman–Crippen MR) is 123 cm³/mol. The summed E-state index contributed by atoms with van der Waals surface area (Å²) in [4.78, 5) is 17.6. The molecule has 170 valence electrons. The molecule has 9 nitrogen and oxygen atoms in total. The van der Waals surface area contributed by atoms with E-state index < -0.39 is 0 Å². The normalized spacial score (nSPS) is 14.2. The summed E-state index contributed by atoms with van der Waals surface area (Å²) in [5.74, 6) is 2.26. The van der Waals surface area contributed by atoms with E-state index in [0.29, 0.717) is 50.2 Å². The van der Waals surface area contributed by atoms with Gasteiger partial charge >= 0.3 is 0 Å². The van der Waals surface area contributed by atoms with Crippen LogP contribution in [0.3, 0.4) is 0 Å². The number of aliphatic imine (C=N–C) groups is 1. The van der Waals surface area contributed by atoms with Gasteiger partial charge in [0.1, 0.15) is 18.0 Å². The Morgan fingerprint density at radius 3 is 2.45 bits per heavy atom. The van der Waals surface area contributed by atoms with Crippen LogP contribution in [0.15, 0.2) is 47.7 Å². The third-order valence-corrected chi connectivity index (χ3v) is 5.49. The largest absolute Gasteiger partial charge is 0.493 e. The number of rotatable bonds is 5. The summed E-state index contributed by atoms with van der Waals surface area (Å²) in [6.45, 7) is 3.01. The van der Waals surface area contributed by atoms with Crippen molar-refractivity contribution in [1.82, 2.24) is 20.2 Å². The molecule has 0 aliphatic carbocycles. The van der Waals surface area contributed by atoms with E-state index in [1.54, 1.807) is 32.7 Å². The monoisotopic (exact) mass is 449 g/mol. The SMILES string of the molecule is COc1cc2ncnc(N3CCN(C(=NCc4ccc(F)cc4)NC#N)CC3)c2cc1OC. The van der Waals surface area contributed by atoms with Gasteiger partial charge in [0.05, 0.1) is 26.3 Å². The number of nitrogens with zero attached hydrogens (tertiary/aromatic N) is 6. The van der Waals surface area contributed by atoms with Crippen molar-refractivity contribution >= 4 is 22.7 Å². The minimum Gasteiger partial charge on any atom is -0.493 e. The Morgan fingerprint density at radius 1 is 1.09 bits per heavy atom. The van der Waals surface area contributed by atoms with Gasteiger partial charge in [-0.05, 0) is 23.8 Å². The number of fused-ring (bicyclic) bond motifs is 1. The second-order valence-corrected chi connectivity index (χ2v) is 7.40. The molecule has 1 aliphatic rings. The van der Waals surface area contributed by atoms with E-state index in [1.165, 1.54) is 12.1 Å². The van der Waals surface area contributed by atoms with Crippen molar-refractivity contribution in [3.63, 3.8) is 0 Å². The van der Waals surface area contributed by atoms with E-state index in [0.717, 1.165) is 22.3 Å². The number of anilines is 1. The van der Waals surface area contributed by atoms with Crippen LogP contribution < -0.4 is 19.7 Å². The van der Waals surface area contributed by atoms with Crippen LogP contribution in [-0.4, -0.2) is 61.2 Å². The Hall–Kier alpha value is -4.13. The second kappa shape index (κ2) is 9.99. The maximum Gasteiger partial charge on any atom is 0.207 e. The lowest BCUT2D eigenvalue weighted by molar-refractivity contribution is 0.355. The number of hydrogen-bond acceptors (Lipinski definition) is 7. The van der Waals surface area contributed by atoms with E-state index >= 15 is 0 Å². The number of hydrogen-bond donors (Lipinski definition) is 1. The van der Waals surface area contributed by atoms with Crippen molar-refractivity contribution in [2.45, 2.75) is 6.54 Å². The van der Waals surface area contributed by atoms with Crippen molar-refractivity contribution in [2.24, 2.45) is 4.99 Å². The van der Waals surface area contributed by atoms with E-state index in [-0.39, 0.29) is 5.82 Å². The highest BCUT2D eigenvalue weighted by atomic mass is 19.1. The number of guanidine groups is 1. The highest BCUT2D eigenvalue weighted by Gasteiger charge is 2.23. The number of piperazine rings is 1. The van der Waals surface area contributed by atoms with Crippen molar-refractivity contribution in [3.8, 4) is 17.7 Å². The van der Waals surface area contributed by atoms with Crippen LogP contribution in [0.1, 0.15) is 5.56 Å². The standard InChI is InChI=1S/C23H24FN7O2/c1-32-20-11-18-19(12-21(20)33-2)28-15-29-22(18)30-7-9-31(10-8-30)23(27-14-25)26-13-16-3-5-17(24)6-4-16/h3-6,11-12,15H,7-10,13H2,1-2H3,(H,26,27). The molecule has 2 aromatic carbocycles. The lowest BCUT2D eigenvalue weighted by Crippen LogP contribution is -2.52. The molecule has 10 heteroatoms. The van der Waals surface area contributed by atoms with Crippen LogP contribution in [-0.2, 0) is 6.54 Å². The number of halogens is 1. The van der Waals surface area contributed by atoms with Gasteiger partial charge in [0.15, 0.2) is 17.7 Å². The second-order valence-electron chi connectivity index (χ2n) is 7.40. The summed E-state index contributed by atoms with van der Waals surface area (Å²) in [6, 6.07) is 9.90. The van der Waals surface area contributed by atoms with Crippen LogP contribution >= 0.6 is 0 Å². The topological polar surface area (TPSA) is 98.9 Å². The van der Waals surface area contributed by atoms with Gasteiger partial charge in [-0.3, -0.25) is 5.32 Å². The molecule has 4 rings (SSSR count). The van der Waals surface area contributed by atoms with Gasteiger partial charge < -0.3 is 19.3 Å². The Kier molecular flexibility index (Phi) is 6.69. The molecular weight excluding hydrogens is 425 g/mol. The molecule has 0 radical (unpaired) electrons. The van der Waals surface area contributed by atoms with Crippen molar-refractivity contribution in [2.75, 3.05) is 45.3 Å². The maximum absolute atomic E-state index is 13.1. The number of nitrogens with one attached hydrogen (secondary N) is 1. The Labute approximate surface area is 191 Å². The first-order valence-corrected chi connectivity index (χ1v) is 10.4. The van der Waals surface area contributed by atoms with Gasteiger partial charge in [0.2, 0.25) is 5.96 Å². The summed E-state index contributed by atoms with van der Waals surface area (Å²) in [5.41, 5.74) is 1.64. The molecule has 33 heavy (non-hydrogen) atoms. The van der Waals surface area contributed by atoms with Gasteiger partial charge in [-0.2, -0.15) is 5.26 Å². The molecule has 0 bridgehead atoms. The first kappa shape index (κ1) is 22.1. The van der Waals surface area contributed by atoms with Crippen molar-refractivity contribution < 1.29 is 13.9 Å². The van der Waals surface area contributed by atoms with E-state index in [4.69, 9.17) is 9.47 Å². The number of methoxy groups -OCH3 is 2. The first-order chi connectivity index (χ1) is 16.1. The average molecular weight is 449 g/mol. The van der Waals surface area contributed by atoms with Crippen LogP contribution in [0.5, 0.6) is 11.5 Å². The van der Waals surface area contributed by atoms with Crippen LogP contribution in [0, 0.1) is 17.3 Å². The summed E-state index contributed by atoms with van der Waals surface area (Å²) in [7, 11) is 3.19. The zero-order chi connectivity index (χ0) is 23.2. The average Bonchev–Trinajstić information content (AvgIpc) is 2.86. The third kappa shape index (κ3) is 4.87. The van der Waals surface area contributed by atoms with Gasteiger partial charge in [0.25, 0.3) is 0 Å². The van der Waals surface area contributed by atoms with Crippen molar-refractivity contribution in [3.05, 3.63) is 54.1 Å². The molecule has 0 spiro atoms. The minimum absolute atomic E-state index is 0.289. The van der Waals surface area contributed by atoms with E-state index in [9.17, 15) is 9.65 Å². The molecule has 1 saturated heterocycles. The number of benzene rings is 2. The smallest absolute Gasteiger partial charge is 0.207 e. The number of ether oxygens (including phenoxy) is 2. The molecule has 0 atom stereocenters. The molecule has 3 aromatic rings. The zero-order valence-electron chi connectivity index (χ0n) is 18.5. The molecule has 1 N–H and O–H groups in total. The molecule has 1 aromatic heterocycles. The lowest BCUT2D eigenvalue weighted by Gasteiger charge is -2.36. The molecule has 0 unspecified atom stereocenters. The molecule has 0 saturated carbocycles. The highest BCUT2D eigenvalue weighted by Crippen LogP contribution is 2.34. The summed E-state index contributed by atoms with van der Waals surface area (Å²) in [5, 5.41) is 12.7. The van der Waals surface area contributed by atoms with Gasteiger partial charge in [-0.15, -0.1) is 0 Å². The third-order valence-electron chi connectivity index (χ3n) is 5.49. The van der Waals surface area contributed by atoms with Crippen LogP contribution in [0.25, 0.3) is 10.9 Å². The van der Waals surface area contributed by atoms with Gasteiger partial charge in [-0.1, -0.05) is 12.1 Å². The highest BCUT2D eigenvalue weighted by molar-refractivity contribution is 5.92. The molecular formula is C23H24FN7O2. The molecule has 0 amide bonds. The lowest BCUT2D eigenvalue weighted by atomic mass is 10.2. The molecule has 1 aliphatic heterocycles. The summed E-state index contributed by atoms with van der Waals surface area (Å²) < 4.78 is 24.0. The van der Waals surface area contributed by atoms with Crippen LogP contribution in [0.4, 0.5) is 10.2 Å². The van der Waals surface area contributed by atoms with Gasteiger partial charge in [0, 0.05) is 37.6 Å². The zero-order valence-corrected chi connectivity index (χ0v) is 18.5. The maximum atomic E-state index is 13.1. The Bertz CT molecular complexity index is 1190. The van der Waals surface area contributed by atoms with E-state index in [2.05, 4.69) is 25.2 Å². The Morgan fingerprint density at radius 2 is 1.79 bits per heavy atom. The quantitative estimate of drug-likeness (QED) is 0.275. The van der Waals surface area contributed by atoms with Crippen molar-refractivity contribution in [1.29, 1.82) is 5.26 Å². The number of nitriles is 1. The fourth-order valence-corrected chi connectivity index (χ4v) is 3.78. The van der Waals surface area contributed by atoms with E-state index in [1.807, 2.05) is 23.2 Å². The minimum atomic E-state index is -0.289. The fraction of sp³-hybridized carbons (Fsp3) is 0.304. The van der Waals surface area contributed by atoms with Gasteiger partial charge in [-0.25, -0.2) is 19.4 Å². The van der Waals surface area contributed by atoms with Crippen LogP contribution in [0.2, 0.25) is 0 Å². The number of aromatic nitrogens is 2. The Balaban J connectivity index is 1.50. The predicted octanol–water partition coefficient (Wildman–Crippen LogP) is 2.53. The molecule has 1 fully saturated rings.